The summed E-state index contributed by atoms with van der Waals surface area (Å²) in [5, 5.41) is 9.94. The Balaban J connectivity index is 2.65. The van der Waals surface area contributed by atoms with Gasteiger partial charge in [-0.25, -0.2) is 5.11 Å². The summed E-state index contributed by atoms with van der Waals surface area (Å²) in [6.07, 6.45) is 4.25. The maximum Gasteiger partial charge on any atom is 0.0844 e. The van der Waals surface area contributed by atoms with E-state index < -0.39 is 0 Å². The van der Waals surface area contributed by atoms with Crippen LogP contribution in [0.3, 0.4) is 0 Å². The highest BCUT2D eigenvalue weighted by Gasteiger charge is 1.87. The number of hydrogen-bond donors (Lipinski definition) is 0. The van der Waals surface area contributed by atoms with E-state index >= 15 is 0 Å². The molecular weight excluding hydrogens is 128 g/mol. The fourth-order valence-corrected chi connectivity index (χ4v) is 0.717. The highest BCUT2D eigenvalue weighted by Crippen LogP contribution is 1.94. The molecule has 2 heteroatoms. The van der Waals surface area contributed by atoms with Gasteiger partial charge in [0.2, 0.25) is 0 Å². The second kappa shape index (κ2) is 8.92. The third-order valence-electron chi connectivity index (χ3n) is 1.33. The van der Waals surface area contributed by atoms with E-state index in [4.69, 9.17) is 4.74 Å². The van der Waals surface area contributed by atoms with Crippen molar-refractivity contribution in [3.8, 4) is 0 Å². The van der Waals surface area contributed by atoms with Gasteiger partial charge in [0.1, 0.15) is 0 Å². The molecule has 0 aliphatic carbocycles. The fraction of sp³-hybridized carbons (Fsp3) is 1.00. The number of ether oxygens (including phenoxy) is 1. The maximum atomic E-state index is 9.94. The zero-order valence-corrected chi connectivity index (χ0v) is 6.77. The Kier molecular flexibility index (Phi) is 8.85. The SMILES string of the molecule is CCCCCOCCC[O]. The summed E-state index contributed by atoms with van der Waals surface area (Å²) in [7, 11) is 0. The van der Waals surface area contributed by atoms with Crippen LogP contribution in [-0.4, -0.2) is 19.8 Å². The number of hydrogen-bond acceptors (Lipinski definition) is 1. The molecule has 0 saturated heterocycles. The molecule has 1 radical (unpaired) electrons. The van der Waals surface area contributed by atoms with Crippen LogP contribution in [-0.2, 0) is 9.84 Å². The van der Waals surface area contributed by atoms with Gasteiger partial charge in [-0.2, -0.15) is 0 Å². The van der Waals surface area contributed by atoms with Crippen molar-refractivity contribution in [2.75, 3.05) is 19.8 Å². The molecule has 0 amide bonds. The lowest BCUT2D eigenvalue weighted by Gasteiger charge is -2.00. The minimum atomic E-state index is -0.00617. The third kappa shape index (κ3) is 7.92. The van der Waals surface area contributed by atoms with Gasteiger partial charge in [-0.15, -0.1) is 0 Å². The summed E-state index contributed by atoms with van der Waals surface area (Å²) >= 11 is 0. The summed E-state index contributed by atoms with van der Waals surface area (Å²) in [5.74, 6) is 0. The summed E-state index contributed by atoms with van der Waals surface area (Å²) in [6.45, 7) is 3.63. The van der Waals surface area contributed by atoms with Crippen LogP contribution in [0.4, 0.5) is 0 Å². The van der Waals surface area contributed by atoms with Crippen LogP contribution in [0.25, 0.3) is 0 Å². The van der Waals surface area contributed by atoms with Crippen LogP contribution in [0.5, 0.6) is 0 Å². The van der Waals surface area contributed by atoms with Gasteiger partial charge in [-0.05, 0) is 12.8 Å². The Hall–Kier alpha value is -0.0800. The predicted molar refractivity (Wildman–Crippen MR) is 40.5 cm³/mol. The summed E-state index contributed by atoms with van der Waals surface area (Å²) in [5.41, 5.74) is 0. The quantitative estimate of drug-likeness (QED) is 0.504. The van der Waals surface area contributed by atoms with E-state index in [0.717, 1.165) is 13.0 Å². The normalized spacial score (nSPS) is 10.2. The first-order chi connectivity index (χ1) is 4.91. The molecule has 0 N–H and O–H groups in total. The molecule has 0 rings (SSSR count). The highest BCUT2D eigenvalue weighted by molar-refractivity contribution is 4.36. The topological polar surface area (TPSA) is 29.1 Å². The van der Waals surface area contributed by atoms with E-state index in [-0.39, 0.29) is 6.61 Å². The lowest BCUT2D eigenvalue weighted by atomic mass is 10.3. The molecule has 0 spiro atoms. The molecule has 0 bridgehead atoms. The van der Waals surface area contributed by atoms with Gasteiger partial charge >= 0.3 is 0 Å². The van der Waals surface area contributed by atoms with Crippen LogP contribution in [0.2, 0.25) is 0 Å². The Morgan fingerprint density at radius 1 is 1.10 bits per heavy atom. The van der Waals surface area contributed by atoms with Gasteiger partial charge in [0.05, 0.1) is 6.61 Å². The minimum absolute atomic E-state index is 0.00617. The molecule has 0 saturated carbocycles. The molecule has 0 aromatic heterocycles. The van der Waals surface area contributed by atoms with Gasteiger partial charge in [0.25, 0.3) is 0 Å². The monoisotopic (exact) mass is 145 g/mol. The van der Waals surface area contributed by atoms with Crippen molar-refractivity contribution < 1.29 is 9.84 Å². The van der Waals surface area contributed by atoms with Gasteiger partial charge in [-0.3, -0.25) is 0 Å². The van der Waals surface area contributed by atoms with Crippen LogP contribution >= 0.6 is 0 Å². The van der Waals surface area contributed by atoms with E-state index in [1.165, 1.54) is 12.8 Å². The molecule has 0 atom stereocenters. The Labute approximate surface area is 63.2 Å². The molecule has 61 valence electrons. The second-order valence-corrected chi connectivity index (χ2v) is 2.38. The van der Waals surface area contributed by atoms with E-state index in [1.807, 2.05) is 0 Å². The molecule has 10 heavy (non-hydrogen) atoms. The molecule has 0 aromatic rings. The van der Waals surface area contributed by atoms with Crippen molar-refractivity contribution in [1.82, 2.24) is 0 Å². The van der Waals surface area contributed by atoms with Gasteiger partial charge < -0.3 is 4.74 Å². The predicted octanol–water partition coefficient (Wildman–Crippen LogP) is 2.01. The van der Waals surface area contributed by atoms with Crippen LogP contribution < -0.4 is 0 Å². The lowest BCUT2D eigenvalue weighted by molar-refractivity contribution is 0.0966. The second-order valence-electron chi connectivity index (χ2n) is 2.38. The summed E-state index contributed by atoms with van der Waals surface area (Å²) in [4.78, 5) is 0. The molecule has 0 aliphatic heterocycles. The van der Waals surface area contributed by atoms with Gasteiger partial charge in [0, 0.05) is 13.2 Å². The average Bonchev–Trinajstić information content (AvgIpc) is 1.97. The van der Waals surface area contributed by atoms with Gasteiger partial charge in [0.15, 0.2) is 0 Å². The van der Waals surface area contributed by atoms with E-state index in [2.05, 4.69) is 6.92 Å². The molecule has 2 nitrogen and oxygen atoms in total. The molecule has 0 heterocycles. The highest BCUT2D eigenvalue weighted by atomic mass is 16.5. The Morgan fingerprint density at radius 2 is 1.80 bits per heavy atom. The van der Waals surface area contributed by atoms with E-state index in [9.17, 15) is 5.11 Å². The first-order valence-corrected chi connectivity index (χ1v) is 4.07. The first kappa shape index (κ1) is 9.92. The van der Waals surface area contributed by atoms with E-state index in [1.54, 1.807) is 0 Å². The number of unbranched alkanes of at least 4 members (excludes halogenated alkanes) is 2. The fourth-order valence-electron chi connectivity index (χ4n) is 0.717. The third-order valence-corrected chi connectivity index (χ3v) is 1.33. The average molecular weight is 145 g/mol. The van der Waals surface area contributed by atoms with Crippen molar-refractivity contribution in [3.05, 3.63) is 0 Å². The zero-order valence-electron chi connectivity index (χ0n) is 6.77. The van der Waals surface area contributed by atoms with Crippen LogP contribution in [0.15, 0.2) is 0 Å². The molecule has 0 aromatic carbocycles. The summed E-state index contributed by atoms with van der Waals surface area (Å²) < 4.78 is 5.18. The first-order valence-electron chi connectivity index (χ1n) is 4.07. The summed E-state index contributed by atoms with van der Waals surface area (Å²) in [6, 6.07) is 0. The van der Waals surface area contributed by atoms with Crippen molar-refractivity contribution >= 4 is 0 Å². The standard InChI is InChI=1S/C8H17O2/c1-2-3-4-7-10-8-5-6-9/h2-8H2,1H3. The van der Waals surface area contributed by atoms with Crippen molar-refractivity contribution in [1.29, 1.82) is 0 Å². The Bertz CT molecular complexity index is 47.2. The number of rotatable bonds is 7. The maximum absolute atomic E-state index is 9.94. The lowest BCUT2D eigenvalue weighted by Crippen LogP contribution is -1.98. The van der Waals surface area contributed by atoms with E-state index in [0.29, 0.717) is 13.0 Å². The van der Waals surface area contributed by atoms with Crippen molar-refractivity contribution in [2.24, 2.45) is 0 Å². The molecule has 0 fully saturated rings. The Morgan fingerprint density at radius 3 is 2.40 bits per heavy atom. The molecule has 0 unspecified atom stereocenters. The van der Waals surface area contributed by atoms with Crippen molar-refractivity contribution in [2.45, 2.75) is 32.6 Å². The van der Waals surface area contributed by atoms with Crippen LogP contribution in [0, 0.1) is 0 Å². The molecule has 0 aliphatic rings. The zero-order chi connectivity index (χ0) is 7.66. The largest absolute Gasteiger partial charge is 0.381 e. The minimum Gasteiger partial charge on any atom is -0.381 e. The van der Waals surface area contributed by atoms with Crippen molar-refractivity contribution in [3.63, 3.8) is 0 Å². The van der Waals surface area contributed by atoms with Gasteiger partial charge in [-0.1, -0.05) is 19.8 Å². The van der Waals surface area contributed by atoms with Crippen LogP contribution in [0.1, 0.15) is 32.6 Å². The molecular formula is C8H17O2. The smallest absolute Gasteiger partial charge is 0.0844 e.